The van der Waals surface area contributed by atoms with Crippen LogP contribution in [0.1, 0.15) is 58.8 Å². The fourth-order valence-electron chi connectivity index (χ4n) is 3.98. The van der Waals surface area contributed by atoms with Crippen molar-refractivity contribution in [2.75, 3.05) is 24.6 Å². The summed E-state index contributed by atoms with van der Waals surface area (Å²) >= 11 is 3.72. The molecule has 30 heavy (non-hydrogen) atoms. The Balaban J connectivity index is 1.84. The molecule has 1 spiro atoms. The predicted molar refractivity (Wildman–Crippen MR) is 121 cm³/mol. The molecule has 2 heterocycles. The number of nitrogens with one attached hydrogen (secondary N) is 2. The summed E-state index contributed by atoms with van der Waals surface area (Å²) in [5, 5.41) is 11.5. The van der Waals surface area contributed by atoms with Crippen molar-refractivity contribution in [3.8, 4) is 0 Å². The second-order valence-electron chi connectivity index (χ2n) is 8.52. The first-order chi connectivity index (χ1) is 14.3. The van der Waals surface area contributed by atoms with Gasteiger partial charge < -0.3 is 16.0 Å². The molecule has 0 unspecified atom stereocenters. The molecule has 10 heteroatoms. The van der Waals surface area contributed by atoms with Crippen LogP contribution in [-0.2, 0) is 14.4 Å². The minimum Gasteiger partial charge on any atom is -0.354 e. The monoisotopic (exact) mass is 460 g/mol. The highest BCUT2D eigenvalue weighted by Crippen LogP contribution is 2.51. The van der Waals surface area contributed by atoms with Crippen LogP contribution in [0.2, 0.25) is 0 Å². The number of nitrogens with two attached hydrogens (primary N) is 1. The molecule has 2 aliphatic heterocycles. The Morgan fingerprint density at radius 1 is 1.17 bits per heavy atom. The SMILES string of the molecule is CC(C)C[C@H](N)C(=O)N1CC2(C[C@H]1C(=O)NCCCCCCC(=O)NO)SCCS2. The van der Waals surface area contributed by atoms with E-state index < -0.39 is 12.1 Å². The molecule has 2 atom stereocenters. The maximum Gasteiger partial charge on any atom is 0.243 e. The first-order valence-electron chi connectivity index (χ1n) is 10.8. The normalized spacial score (nSPS) is 21.2. The summed E-state index contributed by atoms with van der Waals surface area (Å²) in [5.74, 6) is 1.84. The molecule has 2 aliphatic rings. The highest BCUT2D eigenvalue weighted by atomic mass is 32.2. The second kappa shape index (κ2) is 12.2. The second-order valence-corrected chi connectivity index (χ2v) is 11.7. The van der Waals surface area contributed by atoms with Gasteiger partial charge in [0.2, 0.25) is 17.7 Å². The van der Waals surface area contributed by atoms with Crippen molar-refractivity contribution in [2.45, 2.75) is 75.0 Å². The summed E-state index contributed by atoms with van der Waals surface area (Å²) in [6.07, 6.45) is 4.86. The molecule has 0 radical (unpaired) electrons. The molecule has 0 bridgehead atoms. The third-order valence-corrected chi connectivity index (χ3v) is 8.91. The van der Waals surface area contributed by atoms with E-state index in [2.05, 4.69) is 5.32 Å². The van der Waals surface area contributed by atoms with Crippen LogP contribution >= 0.6 is 23.5 Å². The standard InChI is InChI=1S/C20H36N4O4S2/c1-14(2)11-15(21)19(27)24-13-20(29-9-10-30-20)12-16(24)18(26)22-8-6-4-3-5-7-17(25)23-28/h14-16,28H,3-13,21H2,1-2H3,(H,22,26)(H,23,25)/t15-,16-/m0/s1. The quantitative estimate of drug-likeness (QED) is 0.210. The Kier molecular flexibility index (Phi) is 10.3. The molecule has 0 aromatic carbocycles. The number of carbonyl (C=O) groups is 3. The van der Waals surface area contributed by atoms with E-state index in [1.165, 1.54) is 0 Å². The fraction of sp³-hybridized carbons (Fsp3) is 0.850. The van der Waals surface area contributed by atoms with E-state index in [-0.39, 0.29) is 21.8 Å². The minimum atomic E-state index is -0.567. The van der Waals surface area contributed by atoms with E-state index in [9.17, 15) is 14.4 Å². The molecule has 0 aliphatic carbocycles. The van der Waals surface area contributed by atoms with Gasteiger partial charge in [-0.05, 0) is 25.2 Å². The number of hydrogen-bond donors (Lipinski definition) is 4. The lowest BCUT2D eigenvalue weighted by molar-refractivity contribution is -0.139. The lowest BCUT2D eigenvalue weighted by atomic mass is 10.0. The summed E-state index contributed by atoms with van der Waals surface area (Å²) in [5.41, 5.74) is 7.79. The number of amides is 3. The molecule has 0 aromatic heterocycles. The summed E-state index contributed by atoms with van der Waals surface area (Å²) < 4.78 is -0.0809. The van der Waals surface area contributed by atoms with E-state index in [1.54, 1.807) is 10.4 Å². The predicted octanol–water partition coefficient (Wildman–Crippen LogP) is 1.71. The van der Waals surface area contributed by atoms with Crippen LogP contribution in [0, 0.1) is 5.92 Å². The van der Waals surface area contributed by atoms with Gasteiger partial charge in [-0.15, -0.1) is 23.5 Å². The largest absolute Gasteiger partial charge is 0.354 e. The van der Waals surface area contributed by atoms with E-state index in [4.69, 9.17) is 10.9 Å². The molecular formula is C20H36N4O4S2. The Labute approximate surface area is 187 Å². The van der Waals surface area contributed by atoms with Crippen molar-refractivity contribution >= 4 is 41.2 Å². The summed E-state index contributed by atoms with van der Waals surface area (Å²) in [4.78, 5) is 38.6. The highest BCUT2D eigenvalue weighted by molar-refractivity contribution is 8.21. The average molecular weight is 461 g/mol. The maximum absolute atomic E-state index is 13.0. The molecule has 0 aromatic rings. The van der Waals surface area contributed by atoms with Crippen molar-refractivity contribution < 1.29 is 19.6 Å². The van der Waals surface area contributed by atoms with Crippen molar-refractivity contribution in [3.05, 3.63) is 0 Å². The van der Waals surface area contributed by atoms with E-state index in [0.29, 0.717) is 44.7 Å². The van der Waals surface area contributed by atoms with Crippen LogP contribution in [-0.4, -0.2) is 68.6 Å². The van der Waals surface area contributed by atoms with Gasteiger partial charge in [-0.25, -0.2) is 5.48 Å². The van der Waals surface area contributed by atoms with Gasteiger partial charge in [-0.2, -0.15) is 0 Å². The number of thioether (sulfide) groups is 2. The average Bonchev–Trinajstić information content (AvgIpc) is 3.32. The number of carbonyl (C=O) groups excluding carboxylic acids is 3. The summed E-state index contributed by atoms with van der Waals surface area (Å²) in [6, 6.07) is -1.02. The summed E-state index contributed by atoms with van der Waals surface area (Å²) in [6.45, 7) is 5.22. The topological polar surface area (TPSA) is 125 Å². The number of hydrogen-bond acceptors (Lipinski definition) is 7. The van der Waals surface area contributed by atoms with Gasteiger partial charge in [-0.1, -0.05) is 26.7 Å². The van der Waals surface area contributed by atoms with Gasteiger partial charge in [0.25, 0.3) is 0 Å². The Bertz CT molecular complexity index is 599. The van der Waals surface area contributed by atoms with Gasteiger partial charge in [0.1, 0.15) is 6.04 Å². The molecule has 2 saturated heterocycles. The van der Waals surface area contributed by atoms with Crippen molar-refractivity contribution in [2.24, 2.45) is 11.7 Å². The number of likely N-dealkylation sites (tertiary alicyclic amines) is 1. The molecule has 5 N–H and O–H groups in total. The van der Waals surface area contributed by atoms with E-state index >= 15 is 0 Å². The molecule has 3 amide bonds. The molecule has 172 valence electrons. The van der Waals surface area contributed by atoms with Crippen LogP contribution in [0.5, 0.6) is 0 Å². The number of rotatable bonds is 11. The van der Waals surface area contributed by atoms with Gasteiger partial charge >= 0.3 is 0 Å². The highest BCUT2D eigenvalue weighted by Gasteiger charge is 2.51. The minimum absolute atomic E-state index is 0.0809. The first-order valence-corrected chi connectivity index (χ1v) is 12.8. The van der Waals surface area contributed by atoms with Gasteiger partial charge in [0.15, 0.2) is 0 Å². The van der Waals surface area contributed by atoms with Crippen LogP contribution in [0.15, 0.2) is 0 Å². The van der Waals surface area contributed by atoms with Crippen molar-refractivity contribution in [1.82, 2.24) is 15.7 Å². The Morgan fingerprint density at radius 3 is 2.47 bits per heavy atom. The van der Waals surface area contributed by atoms with Crippen molar-refractivity contribution in [1.29, 1.82) is 0 Å². The third-order valence-electron chi connectivity index (χ3n) is 5.49. The number of hydroxylamine groups is 1. The molecular weight excluding hydrogens is 424 g/mol. The van der Waals surface area contributed by atoms with Crippen LogP contribution in [0.25, 0.3) is 0 Å². The molecule has 2 fully saturated rings. The fourth-order valence-corrected chi connectivity index (χ4v) is 7.24. The van der Waals surface area contributed by atoms with Crippen LogP contribution < -0.4 is 16.5 Å². The maximum atomic E-state index is 13.0. The third kappa shape index (κ3) is 7.32. The van der Waals surface area contributed by atoms with Gasteiger partial charge in [0.05, 0.1) is 10.1 Å². The van der Waals surface area contributed by atoms with Crippen LogP contribution in [0.4, 0.5) is 0 Å². The number of nitrogens with zero attached hydrogens (tertiary/aromatic N) is 1. The molecule has 2 rings (SSSR count). The van der Waals surface area contributed by atoms with Crippen LogP contribution in [0.3, 0.4) is 0 Å². The Morgan fingerprint density at radius 2 is 1.83 bits per heavy atom. The van der Waals surface area contributed by atoms with E-state index in [0.717, 1.165) is 30.8 Å². The van der Waals surface area contributed by atoms with E-state index in [1.807, 2.05) is 37.4 Å². The number of unbranched alkanes of at least 4 members (excludes halogenated alkanes) is 3. The molecule has 0 saturated carbocycles. The lowest BCUT2D eigenvalue weighted by Crippen LogP contribution is -2.51. The van der Waals surface area contributed by atoms with Gasteiger partial charge in [0, 0.05) is 37.4 Å². The zero-order valence-electron chi connectivity index (χ0n) is 18.0. The smallest absolute Gasteiger partial charge is 0.243 e. The van der Waals surface area contributed by atoms with Gasteiger partial charge in [-0.3, -0.25) is 19.6 Å². The first kappa shape index (κ1) is 25.3. The zero-order valence-corrected chi connectivity index (χ0v) is 19.7. The summed E-state index contributed by atoms with van der Waals surface area (Å²) in [7, 11) is 0. The zero-order chi connectivity index (χ0) is 22.1. The molecule has 8 nitrogen and oxygen atoms in total. The van der Waals surface area contributed by atoms with Crippen molar-refractivity contribution in [3.63, 3.8) is 0 Å². The Hall–Kier alpha value is -0.970. The lowest BCUT2D eigenvalue weighted by Gasteiger charge is -2.27.